The van der Waals surface area contributed by atoms with Crippen LogP contribution in [-0.4, -0.2) is 29.4 Å². The first-order valence-electron chi connectivity index (χ1n) is 8.54. The van der Waals surface area contributed by atoms with Crippen LogP contribution >= 0.6 is 0 Å². The minimum absolute atomic E-state index is 0. The van der Waals surface area contributed by atoms with Gasteiger partial charge in [0.2, 0.25) is 0 Å². The van der Waals surface area contributed by atoms with Gasteiger partial charge in [-0.25, -0.2) is 8.42 Å². The molecule has 0 aromatic carbocycles. The van der Waals surface area contributed by atoms with Gasteiger partial charge in [-0.05, 0) is 25.7 Å². The maximum Gasteiger partial charge on any atom is 1.00 e. The summed E-state index contributed by atoms with van der Waals surface area (Å²) in [7, 11) is -4.18. The molecule has 4 nitrogen and oxygen atoms in total. The molecule has 0 radical (unpaired) electrons. The van der Waals surface area contributed by atoms with E-state index in [9.17, 15) is 18.1 Å². The van der Waals surface area contributed by atoms with Gasteiger partial charge in [0.05, 0.1) is 16.2 Å². The van der Waals surface area contributed by atoms with Gasteiger partial charge >= 0.3 is 51.4 Å². The Hall–Kier alpha value is 1.51. The second-order valence-electron chi connectivity index (χ2n) is 6.04. The molecule has 0 spiro atoms. The third-order valence-electron chi connectivity index (χ3n) is 3.99. The van der Waals surface area contributed by atoms with Gasteiger partial charge in [0.1, 0.15) is 0 Å². The zero-order valence-electron chi connectivity index (χ0n) is 14.7. The van der Waals surface area contributed by atoms with E-state index in [1.807, 2.05) is 0 Å². The van der Waals surface area contributed by atoms with E-state index in [1.54, 1.807) is 0 Å². The molecule has 0 amide bonds. The Morgan fingerprint density at radius 1 is 0.818 bits per heavy atom. The Kier molecular flexibility index (Phi) is 18.7. The average Bonchev–Trinajstić information content (AvgIpc) is 2.40. The fraction of sp³-hybridized carbons (Fsp3) is 1.00. The van der Waals surface area contributed by atoms with E-state index in [4.69, 9.17) is 0 Å². The summed E-state index contributed by atoms with van der Waals surface area (Å²) in [5.41, 5.74) is 0. The molecular weight excluding hydrogens is 327 g/mol. The molecule has 2 unspecified atom stereocenters. The predicted molar refractivity (Wildman–Crippen MR) is 86.2 cm³/mol. The van der Waals surface area contributed by atoms with E-state index in [0.29, 0.717) is 25.7 Å². The van der Waals surface area contributed by atoms with Crippen LogP contribution in [0.25, 0.3) is 0 Å². The number of hydrogen-bond acceptors (Lipinski definition) is 4. The summed E-state index contributed by atoms with van der Waals surface area (Å²) in [5.74, 6) is 0. The Morgan fingerprint density at radius 2 is 1.18 bits per heavy atom. The number of unbranched alkanes of at least 4 members (excludes halogenated alkanes) is 5. The molecule has 2 atom stereocenters. The first-order valence-corrected chi connectivity index (χ1v) is 10.0. The van der Waals surface area contributed by atoms with Crippen molar-refractivity contribution in [3.05, 3.63) is 0 Å². The minimum atomic E-state index is -4.18. The maximum absolute atomic E-state index is 11.2. The molecule has 0 fully saturated rings. The first-order chi connectivity index (χ1) is 9.91. The van der Waals surface area contributed by atoms with Gasteiger partial charge in [-0.15, -0.1) is 0 Å². The summed E-state index contributed by atoms with van der Waals surface area (Å²) in [6.07, 6.45) is 9.84. The number of aliphatic hydroxyl groups excluding tert-OH is 1. The minimum Gasteiger partial charge on any atom is -0.748 e. The summed E-state index contributed by atoms with van der Waals surface area (Å²) in [6, 6.07) is 0. The molecule has 6 heteroatoms. The average molecular weight is 361 g/mol. The van der Waals surface area contributed by atoms with Gasteiger partial charge in [-0.1, -0.05) is 65.2 Å². The fourth-order valence-corrected chi connectivity index (χ4v) is 3.49. The first kappa shape index (κ1) is 25.7. The fourth-order valence-electron chi connectivity index (χ4n) is 2.58. The molecular formula is C16H33KO4S. The second-order valence-corrected chi connectivity index (χ2v) is 7.70. The Labute approximate surface area is 180 Å². The van der Waals surface area contributed by atoms with Crippen molar-refractivity contribution >= 4 is 10.1 Å². The molecule has 0 aliphatic carbocycles. The summed E-state index contributed by atoms with van der Waals surface area (Å²) >= 11 is 0. The van der Waals surface area contributed by atoms with E-state index in [-0.39, 0.29) is 57.5 Å². The molecule has 0 bridgehead atoms. The topological polar surface area (TPSA) is 77.4 Å². The zero-order chi connectivity index (χ0) is 16.1. The number of aliphatic hydroxyl groups is 1. The van der Waals surface area contributed by atoms with Crippen LogP contribution in [0, 0.1) is 0 Å². The Morgan fingerprint density at radius 3 is 1.59 bits per heavy atom. The molecule has 0 rings (SSSR count). The maximum atomic E-state index is 11.2. The second kappa shape index (κ2) is 16.0. The van der Waals surface area contributed by atoms with Gasteiger partial charge in [-0.2, -0.15) is 0 Å². The quantitative estimate of drug-likeness (QED) is 0.285. The van der Waals surface area contributed by atoms with E-state index >= 15 is 0 Å². The number of rotatable bonds is 14. The molecule has 0 aromatic rings. The monoisotopic (exact) mass is 360 g/mol. The molecule has 0 saturated heterocycles. The molecule has 0 aliphatic heterocycles. The van der Waals surface area contributed by atoms with Crippen molar-refractivity contribution in [3.8, 4) is 0 Å². The van der Waals surface area contributed by atoms with Crippen molar-refractivity contribution < 1.29 is 69.5 Å². The van der Waals surface area contributed by atoms with Crippen molar-refractivity contribution in [3.63, 3.8) is 0 Å². The third kappa shape index (κ3) is 15.1. The summed E-state index contributed by atoms with van der Waals surface area (Å²) in [6.45, 7) is 4.19. The van der Waals surface area contributed by atoms with Gasteiger partial charge in [0.25, 0.3) is 0 Å². The van der Waals surface area contributed by atoms with Crippen LogP contribution in [0.2, 0.25) is 0 Å². The van der Waals surface area contributed by atoms with Crippen LogP contribution in [-0.2, 0) is 10.1 Å². The molecule has 0 aromatic heterocycles. The SMILES string of the molecule is CCCCCC(O)CCCCC(CCCCC)S(=O)(=O)[O-].[K+]. The van der Waals surface area contributed by atoms with Gasteiger partial charge in [-0.3, -0.25) is 0 Å². The van der Waals surface area contributed by atoms with Crippen LogP contribution in [0.4, 0.5) is 0 Å². The summed E-state index contributed by atoms with van der Waals surface area (Å²) in [5, 5.41) is 9.06. The van der Waals surface area contributed by atoms with Gasteiger partial charge in [0, 0.05) is 5.25 Å². The third-order valence-corrected chi connectivity index (χ3v) is 5.28. The van der Waals surface area contributed by atoms with E-state index < -0.39 is 15.4 Å². The zero-order valence-corrected chi connectivity index (χ0v) is 18.7. The Bertz CT molecular complexity index is 333. The van der Waals surface area contributed by atoms with Crippen LogP contribution < -0.4 is 51.4 Å². The Balaban J connectivity index is 0. The summed E-state index contributed by atoms with van der Waals surface area (Å²) < 4.78 is 33.7. The predicted octanol–water partition coefficient (Wildman–Crippen LogP) is 0.986. The van der Waals surface area contributed by atoms with Crippen LogP contribution in [0.3, 0.4) is 0 Å². The van der Waals surface area contributed by atoms with E-state index in [0.717, 1.165) is 51.4 Å². The van der Waals surface area contributed by atoms with Crippen LogP contribution in [0.1, 0.15) is 90.9 Å². The molecule has 1 N–H and O–H groups in total. The van der Waals surface area contributed by atoms with Crippen molar-refractivity contribution in [2.45, 2.75) is 102 Å². The molecule has 22 heavy (non-hydrogen) atoms. The number of hydrogen-bond donors (Lipinski definition) is 1. The molecule has 0 aliphatic rings. The normalized spacial score (nSPS) is 14.4. The molecule has 128 valence electrons. The van der Waals surface area contributed by atoms with Crippen molar-refractivity contribution in [1.82, 2.24) is 0 Å². The molecule has 0 heterocycles. The van der Waals surface area contributed by atoms with E-state index in [2.05, 4.69) is 13.8 Å². The van der Waals surface area contributed by atoms with Crippen LogP contribution in [0.5, 0.6) is 0 Å². The smallest absolute Gasteiger partial charge is 0.748 e. The van der Waals surface area contributed by atoms with Crippen molar-refractivity contribution in [2.24, 2.45) is 0 Å². The molecule has 0 saturated carbocycles. The summed E-state index contributed by atoms with van der Waals surface area (Å²) in [4.78, 5) is 0. The van der Waals surface area contributed by atoms with Crippen molar-refractivity contribution in [2.75, 3.05) is 0 Å². The largest absolute Gasteiger partial charge is 1.00 e. The van der Waals surface area contributed by atoms with Gasteiger partial charge in [0.15, 0.2) is 0 Å². The van der Waals surface area contributed by atoms with Crippen molar-refractivity contribution in [1.29, 1.82) is 0 Å². The van der Waals surface area contributed by atoms with E-state index in [1.165, 1.54) is 0 Å². The van der Waals surface area contributed by atoms with Gasteiger partial charge < -0.3 is 9.66 Å². The van der Waals surface area contributed by atoms with Crippen LogP contribution in [0.15, 0.2) is 0 Å². The standard InChI is InChI=1S/C16H34O4S.K/c1-3-5-7-11-15(17)12-9-10-14-16(21(18,19)20)13-8-6-4-2;/h15-17H,3-14H2,1-2H3,(H,18,19,20);/q;+1/p-1.